The van der Waals surface area contributed by atoms with E-state index in [1.165, 1.54) is 18.2 Å². The fourth-order valence-corrected chi connectivity index (χ4v) is 3.59. The van der Waals surface area contributed by atoms with E-state index >= 15 is 0 Å². The van der Waals surface area contributed by atoms with Crippen molar-refractivity contribution in [2.24, 2.45) is 5.73 Å². The molecule has 1 atom stereocenters. The fourth-order valence-electron chi connectivity index (χ4n) is 3.59. The van der Waals surface area contributed by atoms with Crippen molar-refractivity contribution < 1.29 is 57.2 Å². The van der Waals surface area contributed by atoms with Crippen molar-refractivity contribution in [3.05, 3.63) is 58.7 Å². The van der Waals surface area contributed by atoms with Crippen molar-refractivity contribution in [2.75, 3.05) is 5.32 Å². The number of aliphatic carboxylic acids is 3. The lowest BCUT2D eigenvalue weighted by molar-refractivity contribution is -0.192. The molecule has 0 aromatic heterocycles. The molecule has 1 heterocycles. The number of fused-ring (bicyclic) bond motifs is 2. The number of anilines is 1. The van der Waals surface area contributed by atoms with Gasteiger partial charge in [-0.2, -0.15) is 13.2 Å². The summed E-state index contributed by atoms with van der Waals surface area (Å²) in [6.45, 7) is 0. The SMILES string of the molecule is N=C(N)Nc1ccc2c(c1)CCCc1c(cccc1C(=O)NC(CC(=O)O)C(=O)O)OC2=O.O=C(O)C(F)(F)F. The number of aryl methyl sites for hydroxylation is 1. The quantitative estimate of drug-likeness (QED) is 0.115. The molecule has 8 N–H and O–H groups in total. The first kappa shape index (κ1) is 31.1. The zero-order valence-corrected chi connectivity index (χ0v) is 20.4. The number of ether oxygens (including phenoxy) is 1. The molecule has 1 unspecified atom stereocenters. The average Bonchev–Trinajstić information content (AvgIpc) is 2.89. The number of guanidine groups is 1. The number of carboxylic acids is 3. The normalized spacial score (nSPS) is 13.2. The molecule has 2 aromatic rings. The molecule has 0 saturated carbocycles. The largest absolute Gasteiger partial charge is 0.490 e. The minimum absolute atomic E-state index is 0.0989. The zero-order chi connectivity index (χ0) is 30.2. The predicted molar refractivity (Wildman–Crippen MR) is 130 cm³/mol. The minimum atomic E-state index is -5.08. The van der Waals surface area contributed by atoms with Crippen LogP contribution in [0.25, 0.3) is 0 Å². The molecule has 0 radical (unpaired) electrons. The molecule has 1 aliphatic rings. The van der Waals surface area contributed by atoms with Gasteiger partial charge in [0.15, 0.2) is 5.96 Å². The van der Waals surface area contributed by atoms with Gasteiger partial charge in [-0.1, -0.05) is 6.07 Å². The Balaban J connectivity index is 0.000000708. The molecule has 1 aliphatic heterocycles. The van der Waals surface area contributed by atoms with Crippen LogP contribution in [0.1, 0.15) is 44.7 Å². The number of esters is 1. The van der Waals surface area contributed by atoms with Gasteiger partial charge in [-0.3, -0.25) is 15.0 Å². The third-order valence-electron chi connectivity index (χ3n) is 5.28. The summed E-state index contributed by atoms with van der Waals surface area (Å²) in [4.78, 5) is 56.8. The summed E-state index contributed by atoms with van der Waals surface area (Å²) in [7, 11) is 0. The van der Waals surface area contributed by atoms with Crippen LogP contribution in [-0.4, -0.2) is 63.3 Å². The molecule has 2 aromatic carbocycles. The summed E-state index contributed by atoms with van der Waals surface area (Å²) in [5, 5.41) is 37.5. The van der Waals surface area contributed by atoms with E-state index in [1.807, 2.05) is 0 Å². The highest BCUT2D eigenvalue weighted by Gasteiger charge is 2.38. The van der Waals surface area contributed by atoms with E-state index in [-0.39, 0.29) is 17.3 Å². The van der Waals surface area contributed by atoms with Crippen LogP contribution in [0, 0.1) is 5.41 Å². The lowest BCUT2D eigenvalue weighted by atomic mass is 9.97. The number of benzene rings is 2. The summed E-state index contributed by atoms with van der Waals surface area (Å²) in [5.74, 6) is -7.09. The van der Waals surface area contributed by atoms with Crippen molar-refractivity contribution in [2.45, 2.75) is 37.9 Å². The number of carbonyl (C=O) groups excluding carboxylic acids is 2. The zero-order valence-electron chi connectivity index (χ0n) is 20.4. The van der Waals surface area contributed by atoms with Crippen molar-refractivity contribution in [3.8, 4) is 5.75 Å². The third-order valence-corrected chi connectivity index (χ3v) is 5.28. The molecule has 1 amide bonds. The van der Waals surface area contributed by atoms with Gasteiger partial charge in [-0.25, -0.2) is 14.4 Å². The van der Waals surface area contributed by atoms with E-state index < -0.39 is 48.4 Å². The van der Waals surface area contributed by atoms with Crippen LogP contribution < -0.4 is 21.1 Å². The molecule has 16 heteroatoms. The molecule has 3 rings (SSSR count). The van der Waals surface area contributed by atoms with Gasteiger partial charge >= 0.3 is 30.1 Å². The molecule has 0 bridgehead atoms. The lowest BCUT2D eigenvalue weighted by Crippen LogP contribution is -2.42. The van der Waals surface area contributed by atoms with E-state index in [9.17, 15) is 37.5 Å². The molecule has 0 saturated heterocycles. The standard InChI is InChI=1S/C22H22N4O7.C2HF3O2/c23-22(24)25-12-7-8-13-11(9-12)3-1-4-14-15(5-2-6-17(14)33-21(13)32)19(29)26-16(20(30)31)10-18(27)28;3-2(4,5)1(6)7/h2,5-9,16H,1,3-4,10H2,(H,26,29)(H,27,28)(H,30,31)(H4,23,24,25);(H,6,7). The molecule has 214 valence electrons. The second-order valence-corrected chi connectivity index (χ2v) is 8.20. The number of carboxylic acid groups (broad SMARTS) is 3. The van der Waals surface area contributed by atoms with Crippen LogP contribution in [-0.2, 0) is 27.2 Å². The van der Waals surface area contributed by atoms with Crippen LogP contribution >= 0.6 is 0 Å². The number of nitrogens with one attached hydrogen (secondary N) is 3. The molecule has 13 nitrogen and oxygen atoms in total. The second kappa shape index (κ2) is 13.1. The van der Waals surface area contributed by atoms with Crippen molar-refractivity contribution in [1.82, 2.24) is 5.32 Å². The van der Waals surface area contributed by atoms with Gasteiger partial charge in [-0.15, -0.1) is 0 Å². The minimum Gasteiger partial charge on any atom is -0.481 e. The third kappa shape index (κ3) is 8.71. The maximum absolute atomic E-state index is 12.8. The number of alkyl halides is 3. The number of halogens is 3. The smallest absolute Gasteiger partial charge is 0.481 e. The Morgan fingerprint density at radius 3 is 2.27 bits per heavy atom. The fraction of sp³-hybridized carbons (Fsp3) is 0.250. The summed E-state index contributed by atoms with van der Waals surface area (Å²) in [5.41, 5.74) is 7.43. The topological polar surface area (TPSA) is 229 Å². The van der Waals surface area contributed by atoms with E-state index in [0.717, 1.165) is 0 Å². The molecule has 0 aliphatic carbocycles. The molecule has 40 heavy (non-hydrogen) atoms. The number of nitrogens with two attached hydrogens (primary N) is 1. The summed E-state index contributed by atoms with van der Waals surface area (Å²) >= 11 is 0. The van der Waals surface area contributed by atoms with Gasteiger partial charge in [0.25, 0.3) is 5.91 Å². The Labute approximate surface area is 223 Å². The molecule has 0 fully saturated rings. The Bertz CT molecular complexity index is 1350. The Morgan fingerprint density at radius 1 is 1.07 bits per heavy atom. The maximum Gasteiger partial charge on any atom is 0.490 e. The first-order chi connectivity index (χ1) is 18.6. The Morgan fingerprint density at radius 2 is 1.73 bits per heavy atom. The molecular formula is C24H23F3N4O9. The van der Waals surface area contributed by atoms with Gasteiger partial charge < -0.3 is 36.4 Å². The van der Waals surface area contributed by atoms with E-state index in [1.54, 1.807) is 18.2 Å². The summed E-state index contributed by atoms with van der Waals surface area (Å²) < 4.78 is 37.3. The Kier molecular flexibility index (Phi) is 10.2. The van der Waals surface area contributed by atoms with E-state index in [0.29, 0.717) is 41.6 Å². The summed E-state index contributed by atoms with van der Waals surface area (Å²) in [6.07, 6.45) is -4.53. The van der Waals surface area contributed by atoms with Crippen molar-refractivity contribution >= 4 is 41.4 Å². The monoisotopic (exact) mass is 568 g/mol. The predicted octanol–water partition coefficient (Wildman–Crippen LogP) is 1.99. The van der Waals surface area contributed by atoms with Gasteiger partial charge in [0.05, 0.1) is 12.0 Å². The molecule has 0 spiro atoms. The Hall–Kier alpha value is -5.15. The highest BCUT2D eigenvalue weighted by Crippen LogP contribution is 2.29. The average molecular weight is 568 g/mol. The van der Waals surface area contributed by atoms with Crippen LogP contribution in [0.2, 0.25) is 0 Å². The van der Waals surface area contributed by atoms with Gasteiger partial charge in [0, 0.05) is 16.8 Å². The second-order valence-electron chi connectivity index (χ2n) is 8.20. The lowest BCUT2D eigenvalue weighted by Gasteiger charge is -2.16. The van der Waals surface area contributed by atoms with Crippen LogP contribution in [0.3, 0.4) is 0 Å². The highest BCUT2D eigenvalue weighted by molar-refractivity contribution is 6.00. The van der Waals surface area contributed by atoms with Gasteiger partial charge in [-0.05, 0) is 55.2 Å². The van der Waals surface area contributed by atoms with Crippen molar-refractivity contribution in [1.29, 1.82) is 5.41 Å². The maximum atomic E-state index is 12.8. The first-order valence-electron chi connectivity index (χ1n) is 11.2. The summed E-state index contributed by atoms with van der Waals surface area (Å²) in [6, 6.07) is 7.74. The number of amides is 1. The first-order valence-corrected chi connectivity index (χ1v) is 11.2. The highest BCUT2D eigenvalue weighted by atomic mass is 19.4. The van der Waals surface area contributed by atoms with Crippen LogP contribution in [0.5, 0.6) is 5.75 Å². The van der Waals surface area contributed by atoms with E-state index in [4.69, 9.17) is 30.9 Å². The molecular weight excluding hydrogens is 545 g/mol. The van der Waals surface area contributed by atoms with E-state index in [2.05, 4.69) is 10.6 Å². The number of carbonyl (C=O) groups is 5. The van der Waals surface area contributed by atoms with Crippen LogP contribution in [0.15, 0.2) is 36.4 Å². The van der Waals surface area contributed by atoms with Crippen molar-refractivity contribution in [3.63, 3.8) is 0 Å². The van der Waals surface area contributed by atoms with Gasteiger partial charge in [0.1, 0.15) is 11.8 Å². The van der Waals surface area contributed by atoms with Crippen LogP contribution in [0.4, 0.5) is 18.9 Å². The number of rotatable bonds is 6. The number of hydrogen-bond donors (Lipinski definition) is 7. The number of hydrogen-bond acceptors (Lipinski definition) is 7. The van der Waals surface area contributed by atoms with Gasteiger partial charge in [0.2, 0.25) is 0 Å².